The molecule has 0 spiro atoms. The first-order valence-corrected chi connectivity index (χ1v) is 10.1. The van der Waals surface area contributed by atoms with Crippen molar-refractivity contribution in [3.05, 3.63) is 71.6 Å². The topological polar surface area (TPSA) is 113 Å². The number of pyridine rings is 1. The average Bonchev–Trinajstić information content (AvgIpc) is 3.16. The number of anilines is 1. The number of hydrogen-bond acceptors (Lipinski definition) is 6. The Labute approximate surface area is 179 Å². The number of nitrogens with zero attached hydrogens (tertiary/aromatic N) is 5. The average molecular weight is 420 g/mol. The summed E-state index contributed by atoms with van der Waals surface area (Å²) in [6.45, 7) is 1.13. The van der Waals surface area contributed by atoms with Gasteiger partial charge in [0.15, 0.2) is 0 Å². The fourth-order valence-electron chi connectivity index (χ4n) is 3.51. The number of nitrogens with one attached hydrogen (secondary N) is 1. The maximum atomic E-state index is 12.7. The molecule has 0 saturated carbocycles. The molecule has 0 radical (unpaired) electrons. The van der Waals surface area contributed by atoms with Crippen LogP contribution in [0.3, 0.4) is 0 Å². The van der Waals surface area contributed by atoms with Crippen molar-refractivity contribution in [1.29, 1.82) is 0 Å². The molecule has 9 nitrogen and oxygen atoms in total. The lowest BCUT2D eigenvalue weighted by Gasteiger charge is -2.38. The monoisotopic (exact) mass is 420 g/mol. The van der Waals surface area contributed by atoms with Gasteiger partial charge in [-0.05, 0) is 36.2 Å². The first-order chi connectivity index (χ1) is 15.0. The zero-order chi connectivity index (χ0) is 21.8. The summed E-state index contributed by atoms with van der Waals surface area (Å²) < 4.78 is 1.88. The molecule has 9 heteroatoms. The molecule has 3 aromatic rings. The van der Waals surface area contributed by atoms with Crippen LogP contribution in [0.4, 0.5) is 5.69 Å². The Morgan fingerprint density at radius 1 is 1.19 bits per heavy atom. The molecule has 1 aliphatic heterocycles. The number of carbonyl (C=O) groups is 2. The second kappa shape index (κ2) is 9.05. The molecule has 2 N–H and O–H groups in total. The summed E-state index contributed by atoms with van der Waals surface area (Å²) in [5.41, 5.74) is 2.31. The summed E-state index contributed by atoms with van der Waals surface area (Å²) >= 11 is 0. The van der Waals surface area contributed by atoms with Crippen LogP contribution in [0.1, 0.15) is 32.2 Å². The van der Waals surface area contributed by atoms with Crippen molar-refractivity contribution in [3.8, 4) is 0 Å². The molecule has 3 heterocycles. The quantitative estimate of drug-likeness (QED) is 0.596. The number of rotatable bonds is 7. The van der Waals surface area contributed by atoms with E-state index in [1.807, 2.05) is 35.9 Å². The zero-order valence-corrected chi connectivity index (χ0v) is 17.2. The minimum Gasteiger partial charge on any atom is -0.396 e. The smallest absolute Gasteiger partial charge is 0.274 e. The minimum atomic E-state index is -0.378. The molecular weight excluding hydrogens is 396 g/mol. The zero-order valence-electron chi connectivity index (χ0n) is 17.2. The van der Waals surface area contributed by atoms with Crippen LogP contribution < -0.4 is 5.32 Å². The highest BCUT2D eigenvalue weighted by atomic mass is 16.3. The van der Waals surface area contributed by atoms with E-state index in [0.717, 1.165) is 24.2 Å². The van der Waals surface area contributed by atoms with E-state index < -0.39 is 0 Å². The van der Waals surface area contributed by atoms with Gasteiger partial charge in [0.05, 0.1) is 0 Å². The van der Waals surface area contributed by atoms with Crippen LogP contribution >= 0.6 is 0 Å². The maximum Gasteiger partial charge on any atom is 0.274 e. The van der Waals surface area contributed by atoms with E-state index in [0.29, 0.717) is 24.3 Å². The van der Waals surface area contributed by atoms with Crippen LogP contribution in [-0.4, -0.2) is 61.3 Å². The van der Waals surface area contributed by atoms with Gasteiger partial charge in [0.2, 0.25) is 0 Å². The number of aryl methyl sites for hydroxylation is 3. The lowest BCUT2D eigenvalue weighted by Crippen LogP contribution is -2.51. The summed E-state index contributed by atoms with van der Waals surface area (Å²) in [5.74, 6) is 0.492. The normalized spacial score (nSPS) is 13.7. The highest BCUT2D eigenvalue weighted by Crippen LogP contribution is 2.19. The van der Waals surface area contributed by atoms with Crippen molar-refractivity contribution in [2.75, 3.05) is 25.0 Å². The highest BCUT2D eigenvalue weighted by Gasteiger charge is 2.30. The number of aliphatic hydroxyl groups is 1. The third-order valence-electron chi connectivity index (χ3n) is 5.37. The minimum absolute atomic E-state index is 0.0748. The largest absolute Gasteiger partial charge is 0.396 e. The van der Waals surface area contributed by atoms with Gasteiger partial charge >= 0.3 is 0 Å². The number of hydrogen-bond donors (Lipinski definition) is 2. The number of benzene rings is 1. The molecule has 0 bridgehead atoms. The van der Waals surface area contributed by atoms with E-state index in [1.54, 1.807) is 17.3 Å². The van der Waals surface area contributed by atoms with Gasteiger partial charge in [0.1, 0.15) is 17.8 Å². The van der Waals surface area contributed by atoms with Gasteiger partial charge in [-0.3, -0.25) is 14.6 Å². The number of amides is 2. The van der Waals surface area contributed by atoms with E-state index >= 15 is 0 Å². The molecule has 160 valence electrons. The number of carbonyl (C=O) groups excluding carboxylic acids is 2. The van der Waals surface area contributed by atoms with E-state index in [-0.39, 0.29) is 30.0 Å². The van der Waals surface area contributed by atoms with Crippen molar-refractivity contribution in [2.24, 2.45) is 13.0 Å². The van der Waals surface area contributed by atoms with Gasteiger partial charge in [0, 0.05) is 56.5 Å². The van der Waals surface area contributed by atoms with Gasteiger partial charge in [-0.2, -0.15) is 0 Å². The van der Waals surface area contributed by atoms with Gasteiger partial charge in [-0.1, -0.05) is 12.1 Å². The van der Waals surface area contributed by atoms with Crippen LogP contribution in [0.25, 0.3) is 0 Å². The second-order valence-electron chi connectivity index (χ2n) is 7.70. The molecule has 2 amide bonds. The van der Waals surface area contributed by atoms with Crippen molar-refractivity contribution in [1.82, 2.24) is 24.6 Å². The fraction of sp³-hybridized carbons (Fsp3) is 0.318. The molecule has 1 saturated heterocycles. The molecule has 4 rings (SSSR count). The molecule has 0 aliphatic carbocycles. The summed E-state index contributed by atoms with van der Waals surface area (Å²) in [5, 5.41) is 19.9. The molecule has 0 atom stereocenters. The summed E-state index contributed by atoms with van der Waals surface area (Å²) in [6.07, 6.45) is 4.64. The van der Waals surface area contributed by atoms with Crippen LogP contribution in [0.15, 0.2) is 48.9 Å². The Bertz CT molecular complexity index is 1090. The second-order valence-corrected chi connectivity index (χ2v) is 7.70. The fourth-order valence-corrected chi connectivity index (χ4v) is 3.51. The van der Waals surface area contributed by atoms with Crippen molar-refractivity contribution in [3.63, 3.8) is 0 Å². The van der Waals surface area contributed by atoms with E-state index in [4.69, 9.17) is 5.11 Å². The van der Waals surface area contributed by atoms with Gasteiger partial charge in [-0.15, -0.1) is 10.2 Å². The van der Waals surface area contributed by atoms with Crippen molar-refractivity contribution >= 4 is 17.5 Å². The van der Waals surface area contributed by atoms with Crippen LogP contribution in [0.5, 0.6) is 0 Å². The number of aromatic nitrogens is 4. The summed E-state index contributed by atoms with van der Waals surface area (Å²) in [4.78, 5) is 31.0. The molecule has 1 aromatic carbocycles. The lowest BCUT2D eigenvalue weighted by molar-refractivity contribution is 0.0362. The van der Waals surface area contributed by atoms with Crippen LogP contribution in [0.2, 0.25) is 0 Å². The Morgan fingerprint density at radius 2 is 2.03 bits per heavy atom. The highest BCUT2D eigenvalue weighted by molar-refractivity contribution is 6.04. The Hall–Kier alpha value is -3.59. The lowest BCUT2D eigenvalue weighted by atomic mass is 10.00. The van der Waals surface area contributed by atoms with Gasteiger partial charge in [0.25, 0.3) is 11.8 Å². The number of likely N-dealkylation sites (tertiary alicyclic amines) is 1. The molecule has 1 aliphatic rings. The van der Waals surface area contributed by atoms with Crippen LogP contribution in [0, 0.1) is 5.92 Å². The standard InChI is InChI=1S/C22H24N6O3/c1-27-14-24-26-20(27)6-5-15-3-2-4-18(9-15)25-21(30)19-10-17(7-8-23-19)22(31)28-11-16(12-28)13-29/h2-4,7-10,14,16,29H,5-6,11-13H2,1H3,(H,25,30). The number of aliphatic hydroxyl groups excluding tert-OH is 1. The Kier molecular flexibility index (Phi) is 6.03. The first kappa shape index (κ1) is 20.7. The van der Waals surface area contributed by atoms with E-state index in [2.05, 4.69) is 20.5 Å². The predicted octanol–water partition coefficient (Wildman–Crippen LogP) is 1.31. The summed E-state index contributed by atoms with van der Waals surface area (Å²) in [6, 6.07) is 10.7. The summed E-state index contributed by atoms with van der Waals surface area (Å²) in [7, 11) is 1.91. The third kappa shape index (κ3) is 4.77. The third-order valence-corrected chi connectivity index (χ3v) is 5.37. The molecule has 2 aromatic heterocycles. The molecule has 31 heavy (non-hydrogen) atoms. The first-order valence-electron chi connectivity index (χ1n) is 10.1. The SMILES string of the molecule is Cn1cnnc1CCc1cccc(NC(=O)c2cc(C(=O)N3CC(CO)C3)ccn2)c1. The van der Waals surface area contributed by atoms with Gasteiger partial charge in [-0.25, -0.2) is 0 Å². The van der Waals surface area contributed by atoms with Crippen molar-refractivity contribution in [2.45, 2.75) is 12.8 Å². The maximum absolute atomic E-state index is 12.7. The molecular formula is C22H24N6O3. The van der Waals surface area contributed by atoms with Gasteiger partial charge < -0.3 is 19.9 Å². The molecule has 1 fully saturated rings. The van der Waals surface area contributed by atoms with E-state index in [9.17, 15) is 9.59 Å². The molecule has 0 unspecified atom stereocenters. The Morgan fingerprint density at radius 3 is 2.77 bits per heavy atom. The predicted molar refractivity (Wildman–Crippen MR) is 114 cm³/mol. The van der Waals surface area contributed by atoms with Crippen LogP contribution in [-0.2, 0) is 19.9 Å². The Balaban J connectivity index is 1.39. The van der Waals surface area contributed by atoms with E-state index in [1.165, 1.54) is 12.3 Å². The van der Waals surface area contributed by atoms with Crippen molar-refractivity contribution < 1.29 is 14.7 Å².